The van der Waals surface area contributed by atoms with Crippen LogP contribution in [0.5, 0.6) is 0 Å². The predicted octanol–water partition coefficient (Wildman–Crippen LogP) is 2.33. The fraction of sp³-hybridized carbons (Fsp3) is 0.733. The second-order valence-corrected chi connectivity index (χ2v) is 5.74. The molecule has 108 valence electrons. The molecule has 0 aliphatic carbocycles. The number of carbonyl (C=O) groups excluding carboxylic acids is 1. The summed E-state index contributed by atoms with van der Waals surface area (Å²) in [5, 5.41) is 4.37. The number of Topliss-reactive ketones (excluding diaryl/α,β-unsaturated/α-hetero) is 1. The summed E-state index contributed by atoms with van der Waals surface area (Å²) in [6, 6.07) is 2.00. The first kappa shape index (κ1) is 15.9. The molecular formula is C15H27N3O. The standard InChI is InChI=1S/C15H27N3O/c1-5-18-14(7-12(4)17-18)9-15(19)8-13(10-16)6-11(2)3/h7,11,13H,5-6,8-10,16H2,1-4H3. The highest BCUT2D eigenvalue weighted by atomic mass is 16.1. The monoisotopic (exact) mass is 265 g/mol. The molecule has 0 aliphatic heterocycles. The van der Waals surface area contributed by atoms with E-state index in [1.807, 2.05) is 24.6 Å². The van der Waals surface area contributed by atoms with Crippen molar-refractivity contribution in [3.05, 3.63) is 17.5 Å². The van der Waals surface area contributed by atoms with Crippen molar-refractivity contribution < 1.29 is 4.79 Å². The Morgan fingerprint density at radius 3 is 2.68 bits per heavy atom. The molecule has 0 bridgehead atoms. The van der Waals surface area contributed by atoms with Gasteiger partial charge in [0.25, 0.3) is 0 Å². The minimum Gasteiger partial charge on any atom is -0.330 e. The predicted molar refractivity (Wildman–Crippen MR) is 78.0 cm³/mol. The van der Waals surface area contributed by atoms with Crippen LogP contribution in [-0.2, 0) is 17.8 Å². The lowest BCUT2D eigenvalue weighted by Crippen LogP contribution is -2.21. The summed E-state index contributed by atoms with van der Waals surface area (Å²) in [5.41, 5.74) is 7.75. The summed E-state index contributed by atoms with van der Waals surface area (Å²) in [6.45, 7) is 9.74. The first-order valence-electron chi connectivity index (χ1n) is 7.21. The number of aryl methyl sites for hydroxylation is 2. The van der Waals surface area contributed by atoms with Gasteiger partial charge in [0.05, 0.1) is 5.69 Å². The number of rotatable bonds is 8. The van der Waals surface area contributed by atoms with Crippen LogP contribution in [0.2, 0.25) is 0 Å². The topological polar surface area (TPSA) is 60.9 Å². The molecule has 0 spiro atoms. The van der Waals surface area contributed by atoms with Gasteiger partial charge in [-0.15, -0.1) is 0 Å². The zero-order valence-corrected chi connectivity index (χ0v) is 12.6. The van der Waals surface area contributed by atoms with Crippen LogP contribution < -0.4 is 5.73 Å². The summed E-state index contributed by atoms with van der Waals surface area (Å²) >= 11 is 0. The third kappa shape index (κ3) is 5.15. The van der Waals surface area contributed by atoms with E-state index in [1.54, 1.807) is 0 Å². The van der Waals surface area contributed by atoms with Crippen LogP contribution in [0.15, 0.2) is 6.07 Å². The summed E-state index contributed by atoms with van der Waals surface area (Å²) in [6.07, 6.45) is 2.08. The smallest absolute Gasteiger partial charge is 0.139 e. The zero-order valence-electron chi connectivity index (χ0n) is 12.6. The number of ketones is 1. The molecule has 0 saturated carbocycles. The lowest BCUT2D eigenvalue weighted by atomic mass is 9.91. The zero-order chi connectivity index (χ0) is 14.4. The molecule has 4 heteroatoms. The van der Waals surface area contributed by atoms with E-state index in [0.717, 1.165) is 24.4 Å². The SMILES string of the molecule is CCn1nc(C)cc1CC(=O)CC(CN)CC(C)C. The van der Waals surface area contributed by atoms with Gasteiger partial charge in [0.1, 0.15) is 5.78 Å². The van der Waals surface area contributed by atoms with Crippen LogP contribution in [0.1, 0.15) is 45.0 Å². The van der Waals surface area contributed by atoms with Gasteiger partial charge in [0, 0.05) is 25.1 Å². The Morgan fingerprint density at radius 2 is 2.16 bits per heavy atom. The van der Waals surface area contributed by atoms with Gasteiger partial charge in [-0.25, -0.2) is 0 Å². The Bertz CT molecular complexity index is 410. The average molecular weight is 265 g/mol. The molecule has 1 aromatic heterocycles. The minimum absolute atomic E-state index is 0.269. The molecular weight excluding hydrogens is 238 g/mol. The molecule has 1 heterocycles. The van der Waals surface area contributed by atoms with E-state index in [1.165, 1.54) is 0 Å². The Morgan fingerprint density at radius 1 is 1.47 bits per heavy atom. The molecule has 1 unspecified atom stereocenters. The Kier molecular flexibility index (Phi) is 6.22. The third-order valence-electron chi connectivity index (χ3n) is 3.32. The lowest BCUT2D eigenvalue weighted by Gasteiger charge is -2.16. The van der Waals surface area contributed by atoms with Crippen LogP contribution >= 0.6 is 0 Å². The van der Waals surface area contributed by atoms with E-state index in [-0.39, 0.29) is 5.78 Å². The van der Waals surface area contributed by atoms with Crippen molar-refractivity contribution in [1.29, 1.82) is 0 Å². The van der Waals surface area contributed by atoms with E-state index in [0.29, 0.717) is 31.2 Å². The number of nitrogens with zero attached hydrogens (tertiary/aromatic N) is 2. The van der Waals surface area contributed by atoms with Crippen LogP contribution in [-0.4, -0.2) is 22.1 Å². The van der Waals surface area contributed by atoms with Gasteiger partial charge in [-0.2, -0.15) is 5.10 Å². The number of aromatic nitrogens is 2. The van der Waals surface area contributed by atoms with Crippen molar-refractivity contribution in [2.45, 2.75) is 53.5 Å². The fourth-order valence-electron chi connectivity index (χ4n) is 2.54. The molecule has 0 amide bonds. The Hall–Kier alpha value is -1.16. The average Bonchev–Trinajstić information content (AvgIpc) is 2.67. The number of carbonyl (C=O) groups is 1. The molecule has 0 aromatic carbocycles. The van der Waals surface area contributed by atoms with Crippen molar-refractivity contribution in [1.82, 2.24) is 9.78 Å². The van der Waals surface area contributed by atoms with E-state index >= 15 is 0 Å². The third-order valence-corrected chi connectivity index (χ3v) is 3.32. The van der Waals surface area contributed by atoms with Crippen molar-refractivity contribution >= 4 is 5.78 Å². The molecule has 1 aromatic rings. The molecule has 1 rings (SSSR count). The van der Waals surface area contributed by atoms with Crippen LogP contribution in [0.25, 0.3) is 0 Å². The van der Waals surface area contributed by atoms with Gasteiger partial charge in [-0.05, 0) is 44.7 Å². The van der Waals surface area contributed by atoms with Gasteiger partial charge >= 0.3 is 0 Å². The fourth-order valence-corrected chi connectivity index (χ4v) is 2.54. The number of hydrogen-bond donors (Lipinski definition) is 1. The van der Waals surface area contributed by atoms with Crippen molar-refractivity contribution in [3.8, 4) is 0 Å². The highest BCUT2D eigenvalue weighted by Crippen LogP contribution is 2.16. The molecule has 2 N–H and O–H groups in total. The van der Waals surface area contributed by atoms with Gasteiger partial charge in [-0.3, -0.25) is 9.48 Å². The summed E-state index contributed by atoms with van der Waals surface area (Å²) in [5.74, 6) is 1.17. The summed E-state index contributed by atoms with van der Waals surface area (Å²) in [4.78, 5) is 12.1. The van der Waals surface area contributed by atoms with Crippen molar-refractivity contribution in [3.63, 3.8) is 0 Å². The van der Waals surface area contributed by atoms with Gasteiger partial charge in [0.15, 0.2) is 0 Å². The normalized spacial score (nSPS) is 12.9. The molecule has 1 atom stereocenters. The maximum absolute atomic E-state index is 12.1. The van der Waals surface area contributed by atoms with E-state index in [2.05, 4.69) is 18.9 Å². The van der Waals surface area contributed by atoms with Crippen molar-refractivity contribution in [2.24, 2.45) is 17.6 Å². The highest BCUT2D eigenvalue weighted by Gasteiger charge is 2.16. The van der Waals surface area contributed by atoms with Gasteiger partial charge < -0.3 is 5.73 Å². The Labute approximate surface area is 116 Å². The molecule has 0 fully saturated rings. The molecule has 0 saturated heterocycles. The largest absolute Gasteiger partial charge is 0.330 e. The first-order chi connectivity index (χ1) is 8.96. The molecule has 0 radical (unpaired) electrons. The van der Waals surface area contributed by atoms with Crippen LogP contribution in [0, 0.1) is 18.8 Å². The van der Waals surface area contributed by atoms with Crippen LogP contribution in [0.3, 0.4) is 0 Å². The second kappa shape index (κ2) is 7.43. The summed E-state index contributed by atoms with van der Waals surface area (Å²) in [7, 11) is 0. The molecule has 4 nitrogen and oxygen atoms in total. The minimum atomic E-state index is 0.269. The van der Waals surface area contributed by atoms with Crippen molar-refractivity contribution in [2.75, 3.05) is 6.54 Å². The van der Waals surface area contributed by atoms with E-state index in [9.17, 15) is 4.79 Å². The van der Waals surface area contributed by atoms with Gasteiger partial charge in [0.2, 0.25) is 0 Å². The van der Waals surface area contributed by atoms with E-state index < -0.39 is 0 Å². The number of hydrogen-bond acceptors (Lipinski definition) is 3. The lowest BCUT2D eigenvalue weighted by molar-refractivity contribution is -0.119. The van der Waals surface area contributed by atoms with E-state index in [4.69, 9.17) is 5.73 Å². The maximum Gasteiger partial charge on any atom is 0.139 e. The maximum atomic E-state index is 12.1. The Balaban J connectivity index is 2.58. The highest BCUT2D eigenvalue weighted by molar-refractivity contribution is 5.80. The second-order valence-electron chi connectivity index (χ2n) is 5.74. The molecule has 19 heavy (non-hydrogen) atoms. The van der Waals surface area contributed by atoms with Gasteiger partial charge in [-0.1, -0.05) is 13.8 Å². The first-order valence-corrected chi connectivity index (χ1v) is 7.21. The quantitative estimate of drug-likeness (QED) is 0.784. The summed E-state index contributed by atoms with van der Waals surface area (Å²) < 4.78 is 1.91. The number of nitrogens with two attached hydrogens (primary N) is 1. The van der Waals surface area contributed by atoms with Crippen LogP contribution in [0.4, 0.5) is 0 Å². The molecule has 0 aliphatic rings.